The van der Waals surface area contributed by atoms with E-state index in [0.717, 1.165) is 15.1 Å². The number of nitrogens with one attached hydrogen (secondary N) is 1. The first-order chi connectivity index (χ1) is 9.63. The number of benzene rings is 2. The van der Waals surface area contributed by atoms with Gasteiger partial charge < -0.3 is 5.32 Å². The minimum atomic E-state index is 0.190. The molecule has 0 aromatic heterocycles. The molecule has 0 amide bonds. The average molecular weight is 351 g/mol. The molecule has 0 bridgehead atoms. The molecule has 20 heavy (non-hydrogen) atoms. The van der Waals surface area contributed by atoms with Gasteiger partial charge in [-0.15, -0.1) is 0 Å². The zero-order valence-electron chi connectivity index (χ0n) is 11.4. The summed E-state index contributed by atoms with van der Waals surface area (Å²) in [5.41, 5.74) is 5.29. The second-order valence-electron chi connectivity index (χ2n) is 5.37. The van der Waals surface area contributed by atoms with Gasteiger partial charge in [0.05, 0.1) is 0 Å². The molecule has 3 rings (SSSR count). The van der Waals surface area contributed by atoms with Crippen molar-refractivity contribution in [2.45, 2.75) is 32.2 Å². The second-order valence-corrected chi connectivity index (χ2v) is 6.69. The Bertz CT molecular complexity index is 639. The van der Waals surface area contributed by atoms with E-state index in [0.29, 0.717) is 0 Å². The van der Waals surface area contributed by atoms with Crippen molar-refractivity contribution < 1.29 is 0 Å². The topological polar surface area (TPSA) is 12.0 Å². The van der Waals surface area contributed by atoms with Crippen LogP contribution in [0.25, 0.3) is 0 Å². The Kier molecular flexibility index (Phi) is 4.04. The number of fused-ring (bicyclic) bond motifs is 1. The predicted octanol–water partition coefficient (Wildman–Crippen LogP) is 5.76. The van der Waals surface area contributed by atoms with Gasteiger partial charge in [-0.1, -0.05) is 39.7 Å². The van der Waals surface area contributed by atoms with Crippen molar-refractivity contribution in [3.05, 3.63) is 62.6 Å². The SMILES string of the molecule is CC(Nc1ccc2c(c1)CCC2)c1ccc(Br)cc1Cl. The molecule has 1 aliphatic carbocycles. The molecule has 0 saturated carbocycles. The molecule has 1 nitrogen and oxygen atoms in total. The fraction of sp³-hybridized carbons (Fsp3) is 0.294. The lowest BCUT2D eigenvalue weighted by molar-refractivity contribution is 0.883. The predicted molar refractivity (Wildman–Crippen MR) is 89.7 cm³/mol. The van der Waals surface area contributed by atoms with E-state index >= 15 is 0 Å². The highest BCUT2D eigenvalue weighted by Gasteiger charge is 2.13. The number of halogens is 2. The van der Waals surface area contributed by atoms with Crippen LogP contribution in [0.2, 0.25) is 5.02 Å². The van der Waals surface area contributed by atoms with E-state index < -0.39 is 0 Å². The van der Waals surface area contributed by atoms with Gasteiger partial charge in [0, 0.05) is 21.2 Å². The van der Waals surface area contributed by atoms with Gasteiger partial charge in [0.25, 0.3) is 0 Å². The first-order valence-corrected chi connectivity index (χ1v) is 8.14. The Morgan fingerprint density at radius 2 is 1.90 bits per heavy atom. The third kappa shape index (κ3) is 2.87. The smallest absolute Gasteiger partial charge is 0.0500 e. The van der Waals surface area contributed by atoms with Crippen molar-refractivity contribution >= 4 is 33.2 Å². The molecule has 0 saturated heterocycles. The number of hydrogen-bond donors (Lipinski definition) is 1. The maximum Gasteiger partial charge on any atom is 0.0500 e. The van der Waals surface area contributed by atoms with Crippen LogP contribution >= 0.6 is 27.5 Å². The molecule has 1 unspecified atom stereocenters. The fourth-order valence-electron chi connectivity index (χ4n) is 2.84. The molecule has 2 aromatic rings. The van der Waals surface area contributed by atoms with Crippen molar-refractivity contribution in [2.24, 2.45) is 0 Å². The summed E-state index contributed by atoms with van der Waals surface area (Å²) in [6.07, 6.45) is 3.72. The first-order valence-electron chi connectivity index (χ1n) is 6.97. The lowest BCUT2D eigenvalue weighted by atomic mass is 10.1. The number of anilines is 1. The van der Waals surface area contributed by atoms with Crippen LogP contribution in [0.15, 0.2) is 40.9 Å². The molecule has 2 aromatic carbocycles. The second kappa shape index (κ2) is 5.79. The molecule has 0 heterocycles. The molecule has 0 fully saturated rings. The molecule has 1 atom stereocenters. The molecule has 3 heteroatoms. The van der Waals surface area contributed by atoms with E-state index in [4.69, 9.17) is 11.6 Å². The molecule has 1 aliphatic rings. The van der Waals surface area contributed by atoms with Gasteiger partial charge in [0.1, 0.15) is 0 Å². The monoisotopic (exact) mass is 349 g/mol. The minimum absolute atomic E-state index is 0.190. The Morgan fingerprint density at radius 1 is 1.10 bits per heavy atom. The number of rotatable bonds is 3. The molecule has 0 spiro atoms. The summed E-state index contributed by atoms with van der Waals surface area (Å²) in [6.45, 7) is 2.14. The fourth-order valence-corrected chi connectivity index (χ4v) is 3.68. The van der Waals surface area contributed by atoms with Gasteiger partial charge in [0.15, 0.2) is 0 Å². The average Bonchev–Trinajstić information content (AvgIpc) is 2.85. The third-order valence-corrected chi connectivity index (χ3v) is 4.73. The summed E-state index contributed by atoms with van der Waals surface area (Å²) >= 11 is 9.76. The Morgan fingerprint density at radius 3 is 2.70 bits per heavy atom. The lowest BCUT2D eigenvalue weighted by Crippen LogP contribution is -2.07. The summed E-state index contributed by atoms with van der Waals surface area (Å²) in [7, 11) is 0. The van der Waals surface area contributed by atoms with Crippen LogP contribution in [0, 0.1) is 0 Å². The first kappa shape index (κ1) is 14.0. The quantitative estimate of drug-likeness (QED) is 0.741. The van der Waals surface area contributed by atoms with E-state index in [1.807, 2.05) is 12.1 Å². The van der Waals surface area contributed by atoms with Crippen molar-refractivity contribution in [3.8, 4) is 0 Å². The molecule has 0 aliphatic heterocycles. The maximum absolute atomic E-state index is 6.31. The summed E-state index contributed by atoms with van der Waals surface area (Å²) in [6, 6.07) is 12.9. The van der Waals surface area contributed by atoms with Gasteiger partial charge in [-0.3, -0.25) is 0 Å². The largest absolute Gasteiger partial charge is 0.378 e. The van der Waals surface area contributed by atoms with Crippen LogP contribution in [0.5, 0.6) is 0 Å². The number of aryl methyl sites for hydroxylation is 2. The lowest BCUT2D eigenvalue weighted by Gasteiger charge is -2.18. The Hall–Kier alpha value is -0.990. The summed E-state index contributed by atoms with van der Waals surface area (Å²) in [5.74, 6) is 0. The highest BCUT2D eigenvalue weighted by atomic mass is 79.9. The summed E-state index contributed by atoms with van der Waals surface area (Å²) in [5, 5.41) is 4.34. The minimum Gasteiger partial charge on any atom is -0.378 e. The van der Waals surface area contributed by atoms with Crippen LogP contribution in [0.4, 0.5) is 5.69 Å². The maximum atomic E-state index is 6.31. The van der Waals surface area contributed by atoms with Gasteiger partial charge in [-0.2, -0.15) is 0 Å². The van der Waals surface area contributed by atoms with Gasteiger partial charge in [-0.05, 0) is 67.1 Å². The third-order valence-electron chi connectivity index (χ3n) is 3.91. The van der Waals surface area contributed by atoms with Crippen molar-refractivity contribution in [1.82, 2.24) is 0 Å². The zero-order valence-corrected chi connectivity index (χ0v) is 13.8. The van der Waals surface area contributed by atoms with Crippen LogP contribution in [0.3, 0.4) is 0 Å². The Labute approximate surface area is 133 Å². The van der Waals surface area contributed by atoms with E-state index in [9.17, 15) is 0 Å². The summed E-state index contributed by atoms with van der Waals surface area (Å²) in [4.78, 5) is 0. The molecular weight excluding hydrogens is 334 g/mol. The van der Waals surface area contributed by atoms with E-state index in [1.165, 1.54) is 36.1 Å². The van der Waals surface area contributed by atoms with Crippen molar-refractivity contribution in [1.29, 1.82) is 0 Å². The van der Waals surface area contributed by atoms with Gasteiger partial charge >= 0.3 is 0 Å². The van der Waals surface area contributed by atoms with Crippen LogP contribution < -0.4 is 5.32 Å². The van der Waals surface area contributed by atoms with Crippen LogP contribution in [0.1, 0.15) is 36.1 Å². The van der Waals surface area contributed by atoms with E-state index in [-0.39, 0.29) is 6.04 Å². The van der Waals surface area contributed by atoms with Gasteiger partial charge in [-0.25, -0.2) is 0 Å². The molecule has 104 valence electrons. The zero-order chi connectivity index (χ0) is 14.1. The van der Waals surface area contributed by atoms with Crippen molar-refractivity contribution in [2.75, 3.05) is 5.32 Å². The highest BCUT2D eigenvalue weighted by Crippen LogP contribution is 2.30. The molecular formula is C17H17BrClN. The summed E-state index contributed by atoms with van der Waals surface area (Å²) < 4.78 is 1.01. The standard InChI is InChI=1S/C17H17BrClN/c1-11(16-8-6-14(18)10-17(16)19)20-15-7-5-12-3-2-4-13(12)9-15/h5-11,20H,2-4H2,1H3. The van der Waals surface area contributed by atoms with Crippen LogP contribution in [-0.2, 0) is 12.8 Å². The van der Waals surface area contributed by atoms with Gasteiger partial charge in [0.2, 0.25) is 0 Å². The van der Waals surface area contributed by atoms with E-state index in [1.54, 1.807) is 0 Å². The number of hydrogen-bond acceptors (Lipinski definition) is 1. The van der Waals surface area contributed by atoms with E-state index in [2.05, 4.69) is 52.4 Å². The van der Waals surface area contributed by atoms with Crippen molar-refractivity contribution in [3.63, 3.8) is 0 Å². The molecule has 1 N–H and O–H groups in total. The highest BCUT2D eigenvalue weighted by molar-refractivity contribution is 9.10. The normalized spacial score (nSPS) is 14.9. The van der Waals surface area contributed by atoms with Crippen LogP contribution in [-0.4, -0.2) is 0 Å². The Balaban J connectivity index is 1.80. The molecule has 0 radical (unpaired) electrons.